The fourth-order valence-electron chi connectivity index (χ4n) is 3.17. The number of carbonyl (C=O) groups excluding carboxylic acids is 1. The first-order valence-corrected chi connectivity index (χ1v) is 9.73. The summed E-state index contributed by atoms with van der Waals surface area (Å²) in [5.74, 6) is -0.0376. The molecule has 1 N–H and O–H groups in total. The summed E-state index contributed by atoms with van der Waals surface area (Å²) in [6, 6.07) is 12.7. The number of carbonyl (C=O) groups is 1. The topological polar surface area (TPSA) is 66.5 Å². The van der Waals surface area contributed by atoms with Gasteiger partial charge in [0.05, 0.1) is 4.90 Å². The molecule has 1 aliphatic rings. The van der Waals surface area contributed by atoms with Crippen molar-refractivity contribution in [3.63, 3.8) is 0 Å². The third-order valence-corrected chi connectivity index (χ3v) is 6.36. The minimum atomic E-state index is -3.58. The van der Waals surface area contributed by atoms with Gasteiger partial charge in [-0.05, 0) is 24.3 Å². The number of fused-ring (bicyclic) bond motifs is 1. The second-order valence-electron chi connectivity index (χ2n) is 6.10. The average Bonchev–Trinajstić information content (AvgIpc) is 2.61. The van der Waals surface area contributed by atoms with E-state index in [0.29, 0.717) is 24.4 Å². The molecular weight excluding hydrogens is 324 g/mol. The van der Waals surface area contributed by atoms with Crippen LogP contribution in [0.1, 0.15) is 26.2 Å². The van der Waals surface area contributed by atoms with Gasteiger partial charge in [-0.15, -0.1) is 0 Å². The van der Waals surface area contributed by atoms with E-state index >= 15 is 0 Å². The Morgan fingerprint density at radius 3 is 2.75 bits per heavy atom. The van der Waals surface area contributed by atoms with E-state index in [1.807, 2.05) is 30.3 Å². The van der Waals surface area contributed by atoms with Gasteiger partial charge in [-0.25, -0.2) is 8.42 Å². The lowest BCUT2D eigenvalue weighted by atomic mass is 10.1. The van der Waals surface area contributed by atoms with Gasteiger partial charge in [-0.3, -0.25) is 4.79 Å². The standard InChI is InChI=1S/C18H22N2O3S/c1-2-18(21)19-15-9-6-12-20(13-15)24(22,23)17-11-5-8-14-7-3-4-10-16(14)17/h3-5,7-8,10-11,15H,2,6,9,12-13H2,1H3,(H,19,21)/t15-/m0/s1. The van der Waals surface area contributed by atoms with Crippen molar-refractivity contribution in [2.24, 2.45) is 0 Å². The van der Waals surface area contributed by atoms with Crippen molar-refractivity contribution < 1.29 is 13.2 Å². The summed E-state index contributed by atoms with van der Waals surface area (Å²) in [6.45, 7) is 2.62. The summed E-state index contributed by atoms with van der Waals surface area (Å²) in [5, 5.41) is 4.56. The van der Waals surface area contributed by atoms with Crippen LogP contribution in [0.15, 0.2) is 47.4 Å². The van der Waals surface area contributed by atoms with Crippen LogP contribution in [0.3, 0.4) is 0 Å². The van der Waals surface area contributed by atoms with Gasteiger partial charge in [0, 0.05) is 30.9 Å². The highest BCUT2D eigenvalue weighted by molar-refractivity contribution is 7.89. The molecule has 128 valence electrons. The van der Waals surface area contributed by atoms with Gasteiger partial charge >= 0.3 is 0 Å². The summed E-state index contributed by atoms with van der Waals surface area (Å²) < 4.78 is 27.7. The molecular formula is C18H22N2O3S. The molecule has 0 aliphatic carbocycles. The number of sulfonamides is 1. The predicted octanol–water partition coefficient (Wildman–Crippen LogP) is 2.52. The van der Waals surface area contributed by atoms with Crippen LogP contribution in [-0.2, 0) is 14.8 Å². The second kappa shape index (κ2) is 6.91. The zero-order valence-corrected chi connectivity index (χ0v) is 14.6. The van der Waals surface area contributed by atoms with Gasteiger partial charge in [0.2, 0.25) is 15.9 Å². The molecule has 0 unspecified atom stereocenters. The molecule has 0 aromatic heterocycles. The third-order valence-electron chi connectivity index (χ3n) is 4.44. The number of rotatable bonds is 4. The molecule has 1 amide bonds. The highest BCUT2D eigenvalue weighted by Crippen LogP contribution is 2.27. The molecule has 1 aliphatic heterocycles. The fraction of sp³-hybridized carbons (Fsp3) is 0.389. The van der Waals surface area contributed by atoms with E-state index in [1.165, 1.54) is 4.31 Å². The minimum Gasteiger partial charge on any atom is -0.352 e. The summed E-state index contributed by atoms with van der Waals surface area (Å²) >= 11 is 0. The highest BCUT2D eigenvalue weighted by Gasteiger charge is 2.31. The lowest BCUT2D eigenvalue weighted by Crippen LogP contribution is -2.49. The molecule has 2 aromatic rings. The minimum absolute atomic E-state index is 0.0376. The van der Waals surface area contributed by atoms with Crippen LogP contribution in [0.2, 0.25) is 0 Å². The van der Waals surface area contributed by atoms with Crippen molar-refractivity contribution in [3.05, 3.63) is 42.5 Å². The number of amides is 1. The normalized spacial score (nSPS) is 19.3. The molecule has 3 rings (SSSR count). The van der Waals surface area contributed by atoms with E-state index in [9.17, 15) is 13.2 Å². The summed E-state index contributed by atoms with van der Waals surface area (Å²) in [7, 11) is -3.58. The molecule has 0 saturated carbocycles. The monoisotopic (exact) mass is 346 g/mol. The van der Waals surface area contributed by atoms with Gasteiger partial charge in [-0.2, -0.15) is 4.31 Å². The lowest BCUT2D eigenvalue weighted by molar-refractivity contribution is -0.121. The maximum absolute atomic E-state index is 13.1. The first-order chi connectivity index (χ1) is 11.5. The highest BCUT2D eigenvalue weighted by atomic mass is 32.2. The Morgan fingerprint density at radius 2 is 1.96 bits per heavy atom. The van der Waals surface area contributed by atoms with E-state index < -0.39 is 10.0 Å². The first kappa shape index (κ1) is 16.9. The molecule has 2 aromatic carbocycles. The Kier molecular flexibility index (Phi) is 4.87. The van der Waals surface area contributed by atoms with Crippen molar-refractivity contribution in [1.82, 2.24) is 9.62 Å². The number of piperidine rings is 1. The van der Waals surface area contributed by atoms with Crippen molar-refractivity contribution in [3.8, 4) is 0 Å². The van der Waals surface area contributed by atoms with Crippen LogP contribution in [-0.4, -0.2) is 37.8 Å². The molecule has 0 radical (unpaired) electrons. The molecule has 5 nitrogen and oxygen atoms in total. The quantitative estimate of drug-likeness (QED) is 0.925. The largest absolute Gasteiger partial charge is 0.352 e. The van der Waals surface area contributed by atoms with Crippen LogP contribution < -0.4 is 5.32 Å². The summed E-state index contributed by atoms with van der Waals surface area (Å²) in [4.78, 5) is 11.9. The van der Waals surface area contributed by atoms with E-state index in [2.05, 4.69) is 5.32 Å². The number of nitrogens with zero attached hydrogens (tertiary/aromatic N) is 1. The number of benzene rings is 2. The van der Waals surface area contributed by atoms with Gasteiger partial charge in [0.1, 0.15) is 0 Å². The van der Waals surface area contributed by atoms with Crippen molar-refractivity contribution in [1.29, 1.82) is 0 Å². The Labute approximate surface area is 142 Å². The van der Waals surface area contributed by atoms with Crippen LogP contribution in [0, 0.1) is 0 Å². The van der Waals surface area contributed by atoms with Crippen molar-refractivity contribution in [2.75, 3.05) is 13.1 Å². The van der Waals surface area contributed by atoms with E-state index in [-0.39, 0.29) is 11.9 Å². The molecule has 1 atom stereocenters. The predicted molar refractivity (Wildman–Crippen MR) is 94.2 cm³/mol. The Hall–Kier alpha value is -1.92. The smallest absolute Gasteiger partial charge is 0.243 e. The number of hydrogen-bond acceptors (Lipinski definition) is 3. The number of hydrogen-bond donors (Lipinski definition) is 1. The zero-order chi connectivity index (χ0) is 17.2. The van der Waals surface area contributed by atoms with Crippen molar-refractivity contribution >= 4 is 26.7 Å². The Bertz CT molecular complexity index is 843. The average molecular weight is 346 g/mol. The van der Waals surface area contributed by atoms with Gasteiger partial charge in [0.25, 0.3) is 0 Å². The number of nitrogens with one attached hydrogen (secondary N) is 1. The fourth-order valence-corrected chi connectivity index (χ4v) is 4.91. The van der Waals surface area contributed by atoms with E-state index in [4.69, 9.17) is 0 Å². The molecule has 0 bridgehead atoms. The Morgan fingerprint density at radius 1 is 1.21 bits per heavy atom. The third kappa shape index (κ3) is 3.30. The van der Waals surface area contributed by atoms with Crippen LogP contribution in [0.25, 0.3) is 10.8 Å². The van der Waals surface area contributed by atoms with Crippen LogP contribution >= 0.6 is 0 Å². The Balaban J connectivity index is 1.90. The van der Waals surface area contributed by atoms with Gasteiger partial charge in [-0.1, -0.05) is 43.3 Å². The van der Waals surface area contributed by atoms with E-state index in [0.717, 1.165) is 23.6 Å². The molecule has 0 spiro atoms. The van der Waals surface area contributed by atoms with Gasteiger partial charge < -0.3 is 5.32 Å². The molecule has 1 fully saturated rings. The second-order valence-corrected chi connectivity index (χ2v) is 8.01. The SMILES string of the molecule is CCC(=O)N[C@H]1CCCN(S(=O)(=O)c2cccc3ccccc23)C1. The van der Waals surface area contributed by atoms with Crippen LogP contribution in [0.5, 0.6) is 0 Å². The maximum atomic E-state index is 13.1. The summed E-state index contributed by atoms with van der Waals surface area (Å²) in [6.07, 6.45) is 1.97. The summed E-state index contributed by atoms with van der Waals surface area (Å²) in [5.41, 5.74) is 0. The first-order valence-electron chi connectivity index (χ1n) is 8.29. The van der Waals surface area contributed by atoms with Crippen molar-refractivity contribution in [2.45, 2.75) is 37.1 Å². The zero-order valence-electron chi connectivity index (χ0n) is 13.7. The molecule has 1 saturated heterocycles. The van der Waals surface area contributed by atoms with E-state index in [1.54, 1.807) is 19.1 Å². The molecule has 6 heteroatoms. The molecule has 1 heterocycles. The maximum Gasteiger partial charge on any atom is 0.243 e. The van der Waals surface area contributed by atoms with Crippen LogP contribution in [0.4, 0.5) is 0 Å². The lowest BCUT2D eigenvalue weighted by Gasteiger charge is -2.32. The molecule has 24 heavy (non-hydrogen) atoms. The van der Waals surface area contributed by atoms with Gasteiger partial charge in [0.15, 0.2) is 0 Å².